The van der Waals surface area contributed by atoms with Gasteiger partial charge in [-0.15, -0.1) is 0 Å². The first kappa shape index (κ1) is 12.4. The molecule has 3 heterocycles. The second kappa shape index (κ2) is 4.49. The molecule has 1 aromatic heterocycles. The number of aryl methyl sites for hydroxylation is 2. The lowest BCUT2D eigenvalue weighted by molar-refractivity contribution is 0.0696. The monoisotopic (exact) mass is 262 g/mol. The molecule has 2 N–H and O–H groups in total. The highest BCUT2D eigenvalue weighted by atomic mass is 16.5. The Morgan fingerprint density at radius 1 is 1.47 bits per heavy atom. The average Bonchev–Trinajstić information content (AvgIpc) is 2.88. The van der Waals surface area contributed by atoms with Crippen LogP contribution in [-0.2, 0) is 4.74 Å². The molecule has 0 spiro atoms. The Morgan fingerprint density at radius 3 is 2.84 bits per heavy atom. The van der Waals surface area contributed by atoms with E-state index in [2.05, 4.69) is 10.3 Å². The van der Waals surface area contributed by atoms with Gasteiger partial charge in [0.2, 0.25) is 0 Å². The Balaban J connectivity index is 1.89. The van der Waals surface area contributed by atoms with E-state index in [4.69, 9.17) is 4.74 Å². The van der Waals surface area contributed by atoms with Crippen molar-refractivity contribution in [3.63, 3.8) is 0 Å². The Hall–Kier alpha value is -1.62. The highest BCUT2D eigenvalue weighted by Gasteiger charge is 2.41. The van der Waals surface area contributed by atoms with Crippen molar-refractivity contribution in [2.75, 3.05) is 5.32 Å². The lowest BCUT2D eigenvalue weighted by atomic mass is 9.95. The highest BCUT2D eigenvalue weighted by molar-refractivity contribution is 5.95. The fourth-order valence-corrected chi connectivity index (χ4v) is 3.20. The minimum Gasteiger partial charge on any atom is -0.478 e. The van der Waals surface area contributed by atoms with Gasteiger partial charge >= 0.3 is 5.97 Å². The van der Waals surface area contributed by atoms with Gasteiger partial charge in [0.05, 0.1) is 29.6 Å². The second-order valence-electron chi connectivity index (χ2n) is 5.44. The zero-order valence-corrected chi connectivity index (χ0v) is 11.1. The first-order valence-electron chi connectivity index (χ1n) is 6.68. The van der Waals surface area contributed by atoms with Gasteiger partial charge in [-0.1, -0.05) is 0 Å². The topological polar surface area (TPSA) is 71.5 Å². The summed E-state index contributed by atoms with van der Waals surface area (Å²) in [6.07, 6.45) is 3.72. The normalized spacial score (nSPS) is 28.6. The molecule has 2 fully saturated rings. The Bertz CT molecular complexity index is 530. The molecule has 5 nitrogen and oxygen atoms in total. The summed E-state index contributed by atoms with van der Waals surface area (Å²) in [4.78, 5) is 15.6. The number of hydrogen-bond acceptors (Lipinski definition) is 4. The van der Waals surface area contributed by atoms with E-state index < -0.39 is 5.97 Å². The van der Waals surface area contributed by atoms with Gasteiger partial charge in [-0.3, -0.25) is 4.98 Å². The molecule has 0 aliphatic carbocycles. The minimum atomic E-state index is -0.934. The Kier molecular flexibility index (Phi) is 2.93. The summed E-state index contributed by atoms with van der Waals surface area (Å²) in [6.45, 7) is 3.61. The summed E-state index contributed by atoms with van der Waals surface area (Å²) < 4.78 is 5.79. The molecule has 0 amide bonds. The molecule has 2 saturated heterocycles. The number of aromatic carboxylic acids is 1. The quantitative estimate of drug-likeness (QED) is 0.873. The molecule has 2 aliphatic heterocycles. The van der Waals surface area contributed by atoms with Crippen molar-refractivity contribution in [2.45, 2.75) is 51.4 Å². The van der Waals surface area contributed by atoms with Crippen LogP contribution in [0.1, 0.15) is 41.0 Å². The number of carbonyl (C=O) groups is 1. The summed E-state index contributed by atoms with van der Waals surface area (Å²) in [5.41, 5.74) is 2.32. The number of ether oxygens (including phenoxy) is 1. The van der Waals surface area contributed by atoms with Crippen molar-refractivity contribution in [1.82, 2.24) is 4.98 Å². The first-order chi connectivity index (χ1) is 9.04. The molecule has 19 heavy (non-hydrogen) atoms. The van der Waals surface area contributed by atoms with Crippen molar-refractivity contribution in [2.24, 2.45) is 0 Å². The number of carboxylic acid groups (broad SMARTS) is 1. The fourth-order valence-electron chi connectivity index (χ4n) is 3.20. The summed E-state index contributed by atoms with van der Waals surface area (Å²) in [5.74, 6) is -0.934. The maximum absolute atomic E-state index is 11.4. The number of anilines is 1. The van der Waals surface area contributed by atoms with Gasteiger partial charge in [0.1, 0.15) is 5.56 Å². The predicted octanol–water partition coefficient (Wildman–Crippen LogP) is 2.13. The van der Waals surface area contributed by atoms with Crippen LogP contribution in [0.15, 0.2) is 6.07 Å². The third-order valence-electron chi connectivity index (χ3n) is 3.99. The maximum Gasteiger partial charge on any atom is 0.339 e. The minimum absolute atomic E-state index is 0.220. The van der Waals surface area contributed by atoms with E-state index in [1.165, 1.54) is 0 Å². The van der Waals surface area contributed by atoms with E-state index in [1.807, 2.05) is 13.0 Å². The van der Waals surface area contributed by atoms with Gasteiger partial charge in [-0.25, -0.2) is 4.79 Å². The molecule has 2 aliphatic rings. The molecule has 2 bridgehead atoms. The number of rotatable bonds is 3. The van der Waals surface area contributed by atoms with Gasteiger partial charge in [0.25, 0.3) is 0 Å². The first-order valence-corrected chi connectivity index (χ1v) is 6.68. The zero-order valence-electron chi connectivity index (χ0n) is 11.1. The maximum atomic E-state index is 11.4. The lowest BCUT2D eigenvalue weighted by Gasteiger charge is -2.23. The lowest BCUT2D eigenvalue weighted by Crippen LogP contribution is -2.31. The molecule has 3 unspecified atom stereocenters. The number of nitrogens with zero attached hydrogens (tertiary/aromatic N) is 1. The van der Waals surface area contributed by atoms with Crippen LogP contribution < -0.4 is 5.32 Å². The summed E-state index contributed by atoms with van der Waals surface area (Å²) in [7, 11) is 0. The van der Waals surface area contributed by atoms with Crippen LogP contribution in [0.25, 0.3) is 0 Å². The third kappa shape index (κ3) is 2.18. The van der Waals surface area contributed by atoms with Crippen molar-refractivity contribution in [3.05, 3.63) is 23.0 Å². The molecular weight excluding hydrogens is 244 g/mol. The van der Waals surface area contributed by atoms with E-state index in [0.717, 1.165) is 25.0 Å². The van der Waals surface area contributed by atoms with Crippen LogP contribution in [-0.4, -0.2) is 34.3 Å². The van der Waals surface area contributed by atoms with Crippen molar-refractivity contribution in [1.29, 1.82) is 0 Å². The van der Waals surface area contributed by atoms with Crippen LogP contribution in [0.2, 0.25) is 0 Å². The van der Waals surface area contributed by atoms with E-state index in [9.17, 15) is 9.90 Å². The smallest absolute Gasteiger partial charge is 0.339 e. The molecule has 3 atom stereocenters. The van der Waals surface area contributed by atoms with E-state index >= 15 is 0 Å². The Labute approximate surface area is 112 Å². The van der Waals surface area contributed by atoms with E-state index in [0.29, 0.717) is 17.5 Å². The fraction of sp³-hybridized carbons (Fsp3) is 0.571. The zero-order chi connectivity index (χ0) is 13.6. The summed E-state index contributed by atoms with van der Waals surface area (Å²) >= 11 is 0. The van der Waals surface area contributed by atoms with Crippen molar-refractivity contribution in [3.8, 4) is 0 Å². The standard InChI is InChI=1S/C14H18N2O3/c1-7-5-11(13(14(17)18)8(2)15-7)16-10-6-9-3-4-12(10)19-9/h5,9-10,12H,3-4,6H2,1-2H3,(H,15,16)(H,17,18). The number of aromatic nitrogens is 1. The average molecular weight is 262 g/mol. The largest absolute Gasteiger partial charge is 0.478 e. The predicted molar refractivity (Wildman–Crippen MR) is 70.6 cm³/mol. The van der Waals surface area contributed by atoms with Crippen molar-refractivity contribution < 1.29 is 14.6 Å². The number of hydrogen-bond donors (Lipinski definition) is 2. The SMILES string of the molecule is Cc1cc(NC2CC3CCC2O3)c(C(=O)O)c(C)n1. The van der Waals surface area contributed by atoms with Crippen LogP contribution in [0, 0.1) is 13.8 Å². The second-order valence-corrected chi connectivity index (χ2v) is 5.44. The summed E-state index contributed by atoms with van der Waals surface area (Å²) in [6, 6.07) is 2.03. The van der Waals surface area contributed by atoms with Crippen LogP contribution in [0.3, 0.4) is 0 Å². The van der Waals surface area contributed by atoms with Crippen LogP contribution in [0.5, 0.6) is 0 Å². The molecule has 0 aromatic carbocycles. The molecule has 1 aromatic rings. The van der Waals surface area contributed by atoms with Crippen LogP contribution >= 0.6 is 0 Å². The Morgan fingerprint density at radius 2 is 2.26 bits per heavy atom. The van der Waals surface area contributed by atoms with E-state index in [1.54, 1.807) is 6.92 Å². The van der Waals surface area contributed by atoms with Gasteiger partial charge in [0, 0.05) is 5.69 Å². The number of nitrogens with one attached hydrogen (secondary N) is 1. The van der Waals surface area contributed by atoms with Gasteiger partial charge in [-0.2, -0.15) is 0 Å². The molecule has 102 valence electrons. The van der Waals surface area contributed by atoms with Gasteiger partial charge in [-0.05, 0) is 39.2 Å². The number of fused-ring (bicyclic) bond motifs is 2. The van der Waals surface area contributed by atoms with Gasteiger partial charge < -0.3 is 15.2 Å². The molecule has 5 heteroatoms. The van der Waals surface area contributed by atoms with E-state index in [-0.39, 0.29) is 17.7 Å². The van der Waals surface area contributed by atoms with Crippen molar-refractivity contribution >= 4 is 11.7 Å². The number of pyridine rings is 1. The molecule has 3 rings (SSSR count). The highest BCUT2D eigenvalue weighted by Crippen LogP contribution is 2.36. The summed E-state index contributed by atoms with van der Waals surface area (Å²) in [5, 5.41) is 12.7. The molecule has 0 saturated carbocycles. The molecular formula is C14H18N2O3. The third-order valence-corrected chi connectivity index (χ3v) is 3.99. The molecule has 0 radical (unpaired) electrons. The van der Waals surface area contributed by atoms with Crippen LogP contribution in [0.4, 0.5) is 5.69 Å². The number of carboxylic acids is 1. The van der Waals surface area contributed by atoms with Gasteiger partial charge in [0.15, 0.2) is 0 Å².